The molecule has 0 N–H and O–H groups in total. The van der Waals surface area contributed by atoms with E-state index in [4.69, 9.17) is 13.9 Å². The SMILES string of the molecule is COCC1CCCN(C(=O)c2coc(COc3ccccc3F)n2)C1. The van der Waals surface area contributed by atoms with Crippen LogP contribution < -0.4 is 4.74 Å². The summed E-state index contributed by atoms with van der Waals surface area (Å²) in [5.74, 6) is 0.0760. The van der Waals surface area contributed by atoms with Gasteiger partial charge in [0.15, 0.2) is 23.9 Å². The number of carbonyl (C=O) groups is 1. The second kappa shape index (κ2) is 8.11. The minimum absolute atomic E-state index is 0.0412. The molecule has 1 aliphatic heterocycles. The zero-order chi connectivity index (χ0) is 17.6. The van der Waals surface area contributed by atoms with E-state index in [9.17, 15) is 9.18 Å². The fraction of sp³-hybridized carbons (Fsp3) is 0.444. The number of aromatic nitrogens is 1. The molecule has 1 amide bonds. The van der Waals surface area contributed by atoms with Gasteiger partial charge < -0.3 is 18.8 Å². The molecule has 2 heterocycles. The van der Waals surface area contributed by atoms with Gasteiger partial charge in [0.05, 0.1) is 6.61 Å². The lowest BCUT2D eigenvalue weighted by molar-refractivity contribution is 0.0565. The summed E-state index contributed by atoms with van der Waals surface area (Å²) in [6.07, 6.45) is 3.32. The third-order valence-electron chi connectivity index (χ3n) is 4.17. The Balaban J connectivity index is 1.59. The van der Waals surface area contributed by atoms with Crippen LogP contribution in [0.15, 0.2) is 34.9 Å². The molecule has 25 heavy (non-hydrogen) atoms. The zero-order valence-electron chi connectivity index (χ0n) is 14.1. The van der Waals surface area contributed by atoms with E-state index in [1.54, 1.807) is 24.1 Å². The Bertz CT molecular complexity index is 717. The van der Waals surface area contributed by atoms with E-state index in [2.05, 4.69) is 4.98 Å². The molecule has 134 valence electrons. The molecule has 7 heteroatoms. The molecule has 0 aliphatic carbocycles. The third-order valence-corrected chi connectivity index (χ3v) is 4.17. The third kappa shape index (κ3) is 4.36. The van der Waals surface area contributed by atoms with E-state index < -0.39 is 5.82 Å². The minimum Gasteiger partial charge on any atom is -0.481 e. The fourth-order valence-corrected chi connectivity index (χ4v) is 2.96. The van der Waals surface area contributed by atoms with Gasteiger partial charge in [-0.3, -0.25) is 4.79 Å². The quantitative estimate of drug-likeness (QED) is 0.803. The van der Waals surface area contributed by atoms with Gasteiger partial charge in [-0.05, 0) is 30.9 Å². The van der Waals surface area contributed by atoms with Gasteiger partial charge in [0.1, 0.15) is 6.26 Å². The number of halogens is 1. The molecule has 0 bridgehead atoms. The summed E-state index contributed by atoms with van der Waals surface area (Å²) in [6, 6.07) is 6.09. The number of hydrogen-bond acceptors (Lipinski definition) is 5. The van der Waals surface area contributed by atoms with Crippen LogP contribution in [-0.4, -0.2) is 42.6 Å². The smallest absolute Gasteiger partial charge is 0.275 e. The monoisotopic (exact) mass is 348 g/mol. The number of hydrogen-bond donors (Lipinski definition) is 0. The highest BCUT2D eigenvalue weighted by molar-refractivity contribution is 5.92. The van der Waals surface area contributed by atoms with Crippen LogP contribution in [0.3, 0.4) is 0 Å². The Kier molecular flexibility index (Phi) is 5.65. The molecule has 0 radical (unpaired) electrons. The molecule has 0 spiro atoms. The Morgan fingerprint density at radius 1 is 1.44 bits per heavy atom. The van der Waals surface area contributed by atoms with Gasteiger partial charge in [-0.1, -0.05) is 12.1 Å². The number of piperidine rings is 1. The maximum Gasteiger partial charge on any atom is 0.275 e. The summed E-state index contributed by atoms with van der Waals surface area (Å²) in [5.41, 5.74) is 0.241. The van der Waals surface area contributed by atoms with E-state index in [0.29, 0.717) is 25.6 Å². The van der Waals surface area contributed by atoms with Crippen molar-refractivity contribution in [2.75, 3.05) is 26.8 Å². The van der Waals surface area contributed by atoms with Crippen molar-refractivity contribution in [2.24, 2.45) is 5.92 Å². The summed E-state index contributed by atoms with van der Waals surface area (Å²) in [4.78, 5) is 18.5. The molecule has 0 saturated carbocycles. The number of oxazole rings is 1. The van der Waals surface area contributed by atoms with Crippen LogP contribution in [0.5, 0.6) is 5.75 Å². The van der Waals surface area contributed by atoms with Crippen molar-refractivity contribution in [3.05, 3.63) is 47.9 Å². The van der Waals surface area contributed by atoms with Gasteiger partial charge >= 0.3 is 0 Å². The maximum absolute atomic E-state index is 13.5. The Labute approximate surface area is 145 Å². The lowest BCUT2D eigenvalue weighted by atomic mass is 9.99. The standard InChI is InChI=1S/C18H21FN2O4/c1-23-10-13-5-4-8-21(9-13)18(22)15-11-25-17(20-15)12-24-16-7-3-2-6-14(16)19/h2-3,6-7,11,13H,4-5,8-10,12H2,1H3. The molecule has 1 aliphatic rings. The van der Waals surface area contributed by atoms with E-state index >= 15 is 0 Å². The summed E-state index contributed by atoms with van der Waals surface area (Å²) in [7, 11) is 1.67. The Morgan fingerprint density at radius 2 is 2.28 bits per heavy atom. The van der Waals surface area contributed by atoms with Crippen LogP contribution >= 0.6 is 0 Å². The number of carbonyl (C=O) groups excluding carboxylic acids is 1. The first kappa shape index (κ1) is 17.4. The van der Waals surface area contributed by atoms with Crippen molar-refractivity contribution >= 4 is 5.91 Å². The van der Waals surface area contributed by atoms with E-state index in [1.807, 2.05) is 0 Å². The first-order chi connectivity index (χ1) is 12.2. The van der Waals surface area contributed by atoms with Crippen LogP contribution in [-0.2, 0) is 11.3 Å². The van der Waals surface area contributed by atoms with Crippen LogP contribution in [0.2, 0.25) is 0 Å². The number of likely N-dealkylation sites (tertiary alicyclic amines) is 1. The van der Waals surface area contributed by atoms with Gasteiger partial charge in [0.2, 0.25) is 5.89 Å². The fourth-order valence-electron chi connectivity index (χ4n) is 2.96. The average Bonchev–Trinajstić information content (AvgIpc) is 3.10. The molecule has 1 aromatic heterocycles. The van der Waals surface area contributed by atoms with Gasteiger partial charge in [0, 0.05) is 20.2 Å². The summed E-state index contributed by atoms with van der Waals surface area (Å²) in [5, 5.41) is 0. The summed E-state index contributed by atoms with van der Waals surface area (Å²) >= 11 is 0. The molecular formula is C18H21FN2O4. The van der Waals surface area contributed by atoms with Gasteiger partial charge in [0.25, 0.3) is 5.91 Å². The van der Waals surface area contributed by atoms with Crippen molar-refractivity contribution in [1.82, 2.24) is 9.88 Å². The number of para-hydroxylation sites is 1. The summed E-state index contributed by atoms with van der Waals surface area (Å²) in [6.45, 7) is 1.96. The van der Waals surface area contributed by atoms with E-state index in [0.717, 1.165) is 12.8 Å². The van der Waals surface area contributed by atoms with E-state index in [-0.39, 0.29) is 29.8 Å². The lowest BCUT2D eigenvalue weighted by Crippen LogP contribution is -2.41. The number of ether oxygens (including phenoxy) is 2. The van der Waals surface area contributed by atoms with Crippen molar-refractivity contribution in [2.45, 2.75) is 19.4 Å². The summed E-state index contributed by atoms with van der Waals surface area (Å²) < 4.78 is 29.3. The highest BCUT2D eigenvalue weighted by Crippen LogP contribution is 2.20. The number of rotatable bonds is 6. The molecule has 1 aromatic carbocycles. The minimum atomic E-state index is -0.456. The molecule has 6 nitrogen and oxygen atoms in total. The lowest BCUT2D eigenvalue weighted by Gasteiger charge is -2.31. The van der Waals surface area contributed by atoms with Gasteiger partial charge in [-0.15, -0.1) is 0 Å². The average molecular weight is 348 g/mol. The van der Waals surface area contributed by atoms with Crippen molar-refractivity contribution in [3.63, 3.8) is 0 Å². The molecular weight excluding hydrogens is 327 g/mol. The van der Waals surface area contributed by atoms with Crippen LogP contribution in [0.4, 0.5) is 4.39 Å². The van der Waals surface area contributed by atoms with Crippen molar-refractivity contribution < 1.29 is 23.1 Å². The van der Waals surface area contributed by atoms with Crippen LogP contribution in [0, 0.1) is 11.7 Å². The van der Waals surface area contributed by atoms with Gasteiger partial charge in [-0.25, -0.2) is 9.37 Å². The molecule has 1 unspecified atom stereocenters. The van der Waals surface area contributed by atoms with E-state index in [1.165, 1.54) is 18.4 Å². The predicted octanol–water partition coefficient (Wildman–Crippen LogP) is 2.89. The second-order valence-corrected chi connectivity index (χ2v) is 6.06. The number of methoxy groups -OCH3 is 1. The largest absolute Gasteiger partial charge is 0.481 e. The van der Waals surface area contributed by atoms with Crippen LogP contribution in [0.25, 0.3) is 0 Å². The zero-order valence-corrected chi connectivity index (χ0v) is 14.1. The normalized spacial score (nSPS) is 17.5. The molecule has 2 aromatic rings. The Hall–Kier alpha value is -2.41. The van der Waals surface area contributed by atoms with Gasteiger partial charge in [-0.2, -0.15) is 0 Å². The maximum atomic E-state index is 13.5. The predicted molar refractivity (Wildman–Crippen MR) is 87.7 cm³/mol. The molecule has 3 rings (SSSR count). The highest BCUT2D eigenvalue weighted by Gasteiger charge is 2.26. The Morgan fingerprint density at radius 3 is 3.08 bits per heavy atom. The number of benzene rings is 1. The number of amides is 1. The van der Waals surface area contributed by atoms with Crippen molar-refractivity contribution in [1.29, 1.82) is 0 Å². The van der Waals surface area contributed by atoms with Crippen molar-refractivity contribution in [3.8, 4) is 5.75 Å². The highest BCUT2D eigenvalue weighted by atomic mass is 19.1. The number of nitrogens with zero attached hydrogens (tertiary/aromatic N) is 2. The van der Waals surface area contributed by atoms with Crippen LogP contribution in [0.1, 0.15) is 29.2 Å². The first-order valence-electron chi connectivity index (χ1n) is 8.27. The molecule has 1 saturated heterocycles. The topological polar surface area (TPSA) is 64.8 Å². The second-order valence-electron chi connectivity index (χ2n) is 6.06. The molecule has 1 fully saturated rings. The molecule has 1 atom stereocenters. The first-order valence-corrected chi connectivity index (χ1v) is 8.27.